The zero-order chi connectivity index (χ0) is 18.9. The van der Waals surface area contributed by atoms with E-state index in [2.05, 4.69) is 9.97 Å². The molecule has 0 radical (unpaired) electrons. The normalized spacial score (nSPS) is 18.0. The molecule has 7 nitrogen and oxygen atoms in total. The fraction of sp³-hybridized carbons (Fsp3) is 0.389. The van der Waals surface area contributed by atoms with E-state index in [1.165, 1.54) is 17.6 Å². The minimum atomic E-state index is -3.89. The highest BCUT2D eigenvalue weighted by Gasteiger charge is 2.41. The Hall–Kier alpha value is -2.32. The van der Waals surface area contributed by atoms with Gasteiger partial charge in [-0.3, -0.25) is 14.8 Å². The van der Waals surface area contributed by atoms with Gasteiger partial charge in [0.2, 0.25) is 10.0 Å². The first kappa shape index (κ1) is 18.5. The summed E-state index contributed by atoms with van der Waals surface area (Å²) < 4.78 is 32.7. The molecule has 0 unspecified atom stereocenters. The number of carbonyl (C=O) groups is 1. The number of benzene rings is 1. The molecule has 26 heavy (non-hydrogen) atoms. The molecule has 1 aromatic carbocycles. The SMILES string of the molecule is COC(=O)[C@@H]1CCCN1S(=O)(=O)c1ccc(C)cc1-c1nccnc1C. The molecule has 1 atom stereocenters. The molecular weight excluding hydrogens is 354 g/mol. The number of carbonyl (C=O) groups excluding carboxylic acids is 1. The average molecular weight is 375 g/mol. The Kier molecular flexibility index (Phi) is 5.06. The first-order valence-electron chi connectivity index (χ1n) is 8.34. The van der Waals surface area contributed by atoms with Crippen LogP contribution < -0.4 is 0 Å². The number of nitrogens with zero attached hydrogens (tertiary/aromatic N) is 3. The van der Waals surface area contributed by atoms with Gasteiger partial charge in [0.15, 0.2) is 0 Å². The summed E-state index contributed by atoms with van der Waals surface area (Å²) in [7, 11) is -2.62. The molecule has 0 aliphatic carbocycles. The first-order chi connectivity index (χ1) is 12.4. The number of hydrogen-bond donors (Lipinski definition) is 0. The number of esters is 1. The zero-order valence-electron chi connectivity index (χ0n) is 15.0. The summed E-state index contributed by atoms with van der Waals surface area (Å²) in [5, 5.41) is 0. The molecule has 138 valence electrons. The van der Waals surface area contributed by atoms with E-state index in [4.69, 9.17) is 4.74 Å². The van der Waals surface area contributed by atoms with Crippen LogP contribution in [0.2, 0.25) is 0 Å². The van der Waals surface area contributed by atoms with E-state index in [1.54, 1.807) is 31.3 Å². The summed E-state index contributed by atoms with van der Waals surface area (Å²) in [6.45, 7) is 3.96. The van der Waals surface area contributed by atoms with Crippen molar-refractivity contribution in [2.24, 2.45) is 0 Å². The molecule has 0 N–H and O–H groups in total. The number of ether oxygens (including phenoxy) is 1. The van der Waals surface area contributed by atoms with Gasteiger partial charge in [0.05, 0.1) is 23.4 Å². The van der Waals surface area contributed by atoms with Gasteiger partial charge in [-0.15, -0.1) is 0 Å². The van der Waals surface area contributed by atoms with Gasteiger partial charge in [0.25, 0.3) is 0 Å². The predicted molar refractivity (Wildman–Crippen MR) is 95.9 cm³/mol. The third-order valence-electron chi connectivity index (χ3n) is 4.53. The summed E-state index contributed by atoms with van der Waals surface area (Å²) in [6.07, 6.45) is 4.17. The molecule has 1 fully saturated rings. The van der Waals surface area contributed by atoms with Crippen molar-refractivity contribution in [1.82, 2.24) is 14.3 Å². The summed E-state index contributed by atoms with van der Waals surface area (Å²) in [6, 6.07) is 4.31. The van der Waals surface area contributed by atoms with Crippen molar-refractivity contribution in [2.75, 3.05) is 13.7 Å². The predicted octanol–water partition coefficient (Wildman–Crippen LogP) is 2.09. The van der Waals surface area contributed by atoms with Gasteiger partial charge in [0, 0.05) is 24.5 Å². The highest BCUT2D eigenvalue weighted by atomic mass is 32.2. The molecule has 2 heterocycles. The Morgan fingerprint density at radius 2 is 1.96 bits per heavy atom. The Morgan fingerprint density at radius 3 is 2.65 bits per heavy atom. The molecule has 8 heteroatoms. The summed E-state index contributed by atoms with van der Waals surface area (Å²) in [5.41, 5.74) is 2.56. The Morgan fingerprint density at radius 1 is 1.23 bits per heavy atom. The molecule has 1 aliphatic heterocycles. The summed E-state index contributed by atoms with van der Waals surface area (Å²) >= 11 is 0. The third kappa shape index (κ3) is 3.22. The lowest BCUT2D eigenvalue weighted by Crippen LogP contribution is -2.41. The lowest BCUT2D eigenvalue weighted by atomic mass is 10.1. The maximum atomic E-state index is 13.4. The van der Waals surface area contributed by atoms with E-state index in [0.717, 1.165) is 5.56 Å². The maximum Gasteiger partial charge on any atom is 0.324 e. The molecule has 1 saturated heterocycles. The lowest BCUT2D eigenvalue weighted by Gasteiger charge is -2.23. The fourth-order valence-electron chi connectivity index (χ4n) is 3.25. The molecule has 1 aromatic heterocycles. The number of rotatable bonds is 4. The van der Waals surface area contributed by atoms with E-state index >= 15 is 0 Å². The molecule has 0 saturated carbocycles. The highest BCUT2D eigenvalue weighted by Crippen LogP contribution is 2.34. The Balaban J connectivity index is 2.15. The van der Waals surface area contributed by atoms with Crippen molar-refractivity contribution in [3.8, 4) is 11.3 Å². The zero-order valence-corrected chi connectivity index (χ0v) is 15.8. The van der Waals surface area contributed by atoms with Crippen LogP contribution in [0.5, 0.6) is 0 Å². The molecule has 0 bridgehead atoms. The van der Waals surface area contributed by atoms with Gasteiger partial charge in [-0.05, 0) is 38.8 Å². The van der Waals surface area contributed by atoms with Gasteiger partial charge < -0.3 is 4.74 Å². The number of methoxy groups -OCH3 is 1. The second-order valence-corrected chi connectivity index (χ2v) is 8.15. The quantitative estimate of drug-likeness (QED) is 0.760. The van der Waals surface area contributed by atoms with Crippen LogP contribution in [0.4, 0.5) is 0 Å². The maximum absolute atomic E-state index is 13.4. The number of aryl methyl sites for hydroxylation is 2. The number of aromatic nitrogens is 2. The average Bonchev–Trinajstić information content (AvgIpc) is 3.12. The van der Waals surface area contributed by atoms with Crippen molar-refractivity contribution >= 4 is 16.0 Å². The Labute approximate surface area is 153 Å². The lowest BCUT2D eigenvalue weighted by molar-refractivity contribution is -0.144. The minimum Gasteiger partial charge on any atom is -0.468 e. The monoisotopic (exact) mass is 375 g/mol. The van der Waals surface area contributed by atoms with E-state index < -0.39 is 22.0 Å². The number of hydrogen-bond acceptors (Lipinski definition) is 6. The summed E-state index contributed by atoms with van der Waals surface area (Å²) in [5.74, 6) is -0.532. The van der Waals surface area contributed by atoms with Crippen LogP contribution in [0.15, 0.2) is 35.5 Å². The number of sulfonamides is 1. The summed E-state index contributed by atoms with van der Waals surface area (Å²) in [4.78, 5) is 20.7. The van der Waals surface area contributed by atoms with Crippen LogP contribution >= 0.6 is 0 Å². The van der Waals surface area contributed by atoms with Gasteiger partial charge >= 0.3 is 5.97 Å². The largest absolute Gasteiger partial charge is 0.468 e. The van der Waals surface area contributed by atoms with Gasteiger partial charge in [0.1, 0.15) is 6.04 Å². The molecule has 2 aromatic rings. The second kappa shape index (κ2) is 7.13. The van der Waals surface area contributed by atoms with Crippen LogP contribution in [0.3, 0.4) is 0 Å². The molecule has 3 rings (SSSR count). The van der Waals surface area contributed by atoms with Crippen molar-refractivity contribution in [1.29, 1.82) is 0 Å². The smallest absolute Gasteiger partial charge is 0.324 e. The minimum absolute atomic E-state index is 0.127. The Bertz CT molecular complexity index is 943. The van der Waals surface area contributed by atoms with E-state index in [9.17, 15) is 13.2 Å². The van der Waals surface area contributed by atoms with Gasteiger partial charge in [-0.25, -0.2) is 8.42 Å². The second-order valence-electron chi connectivity index (χ2n) is 6.29. The van der Waals surface area contributed by atoms with Crippen molar-refractivity contribution in [3.63, 3.8) is 0 Å². The first-order valence-corrected chi connectivity index (χ1v) is 9.78. The van der Waals surface area contributed by atoms with Crippen molar-refractivity contribution in [2.45, 2.75) is 37.6 Å². The molecule has 0 amide bonds. The van der Waals surface area contributed by atoms with Crippen LogP contribution in [0, 0.1) is 13.8 Å². The van der Waals surface area contributed by atoms with Gasteiger partial charge in [-0.1, -0.05) is 11.6 Å². The van der Waals surface area contributed by atoms with Crippen LogP contribution in [-0.2, 0) is 19.6 Å². The molecular formula is C18H21N3O4S. The standard InChI is InChI=1S/C18H21N3O4S/c1-12-6-7-16(14(11-12)17-13(2)19-8-9-20-17)26(23,24)21-10-4-5-15(21)18(22)25-3/h6-9,11,15H,4-5,10H2,1-3H3/t15-/m0/s1. The van der Waals surface area contributed by atoms with Crippen LogP contribution in [0.1, 0.15) is 24.1 Å². The van der Waals surface area contributed by atoms with Crippen LogP contribution in [-0.4, -0.2) is 48.4 Å². The van der Waals surface area contributed by atoms with Gasteiger partial charge in [-0.2, -0.15) is 4.31 Å². The molecule has 1 aliphatic rings. The topological polar surface area (TPSA) is 89.5 Å². The van der Waals surface area contributed by atoms with E-state index in [1.807, 2.05) is 6.92 Å². The van der Waals surface area contributed by atoms with E-state index in [0.29, 0.717) is 29.8 Å². The van der Waals surface area contributed by atoms with E-state index in [-0.39, 0.29) is 11.4 Å². The molecule has 0 spiro atoms. The van der Waals surface area contributed by atoms with Crippen molar-refractivity contribution < 1.29 is 17.9 Å². The highest BCUT2D eigenvalue weighted by molar-refractivity contribution is 7.89. The third-order valence-corrected chi connectivity index (χ3v) is 6.50. The van der Waals surface area contributed by atoms with Crippen LogP contribution in [0.25, 0.3) is 11.3 Å². The van der Waals surface area contributed by atoms with Crippen molar-refractivity contribution in [3.05, 3.63) is 41.9 Å². The fourth-order valence-corrected chi connectivity index (χ4v) is 5.07.